The summed E-state index contributed by atoms with van der Waals surface area (Å²) in [5.41, 5.74) is 4.34. The number of anilines is 1. The van der Waals surface area contributed by atoms with Crippen molar-refractivity contribution in [1.82, 2.24) is 0 Å². The molecular formula is C22H22N2O3. The molecule has 1 aliphatic carbocycles. The number of benzene rings is 2. The lowest BCUT2D eigenvalue weighted by Gasteiger charge is -2.37. The van der Waals surface area contributed by atoms with Crippen LogP contribution in [0.25, 0.3) is 0 Å². The molecular weight excluding hydrogens is 340 g/mol. The number of fused-ring (bicyclic) bond motifs is 3. The number of allylic oxidation sites excluding steroid dienone is 2. The Labute approximate surface area is 158 Å². The Kier molecular flexibility index (Phi) is 4.44. The van der Waals surface area contributed by atoms with Crippen molar-refractivity contribution in [3.63, 3.8) is 0 Å². The number of nitro groups is 1. The molecule has 3 atom stereocenters. The van der Waals surface area contributed by atoms with E-state index in [2.05, 4.69) is 30.1 Å². The minimum Gasteiger partial charge on any atom is -0.489 e. The molecule has 0 saturated carbocycles. The molecule has 0 radical (unpaired) electrons. The van der Waals surface area contributed by atoms with Crippen LogP contribution in [0.2, 0.25) is 0 Å². The first-order chi connectivity index (χ1) is 13.0. The number of nitro benzene ring substituents is 1. The van der Waals surface area contributed by atoms with Crippen LogP contribution >= 0.6 is 0 Å². The maximum atomic E-state index is 11.2. The third-order valence-corrected chi connectivity index (χ3v) is 5.26. The summed E-state index contributed by atoms with van der Waals surface area (Å²) in [6.07, 6.45) is 5.40. The molecule has 0 fully saturated rings. The van der Waals surface area contributed by atoms with Crippen LogP contribution in [-0.2, 0) is 0 Å². The lowest BCUT2D eigenvalue weighted by molar-refractivity contribution is -0.384. The molecule has 5 heteroatoms. The smallest absolute Gasteiger partial charge is 0.269 e. The summed E-state index contributed by atoms with van der Waals surface area (Å²) in [5, 5.41) is 14.8. The van der Waals surface area contributed by atoms with Crippen LogP contribution in [0.3, 0.4) is 0 Å². The average molecular weight is 362 g/mol. The van der Waals surface area contributed by atoms with E-state index in [4.69, 9.17) is 4.74 Å². The van der Waals surface area contributed by atoms with Crippen molar-refractivity contribution < 1.29 is 9.66 Å². The van der Waals surface area contributed by atoms with E-state index in [-0.39, 0.29) is 22.6 Å². The molecule has 0 spiro atoms. The van der Waals surface area contributed by atoms with Crippen molar-refractivity contribution in [1.29, 1.82) is 0 Å². The minimum atomic E-state index is -0.337. The number of ether oxygens (including phenoxy) is 1. The quantitative estimate of drug-likeness (QED) is 0.441. The maximum Gasteiger partial charge on any atom is 0.269 e. The van der Waals surface area contributed by atoms with Gasteiger partial charge in [-0.25, -0.2) is 0 Å². The molecule has 3 unspecified atom stereocenters. The number of nitrogens with zero attached hydrogens (tertiary/aromatic N) is 1. The second kappa shape index (κ2) is 6.91. The molecule has 0 bridgehead atoms. The molecule has 0 amide bonds. The molecule has 2 aromatic rings. The monoisotopic (exact) mass is 362 g/mol. The molecule has 1 N–H and O–H groups in total. The van der Waals surface area contributed by atoms with Crippen LogP contribution in [0.4, 0.5) is 11.4 Å². The highest BCUT2D eigenvalue weighted by Gasteiger charge is 2.38. The Morgan fingerprint density at radius 3 is 2.96 bits per heavy atom. The van der Waals surface area contributed by atoms with Crippen molar-refractivity contribution in [3.05, 3.63) is 88.0 Å². The highest BCUT2D eigenvalue weighted by molar-refractivity contribution is 5.62. The minimum absolute atomic E-state index is 0.0413. The first-order valence-electron chi connectivity index (χ1n) is 9.11. The Morgan fingerprint density at radius 1 is 1.33 bits per heavy atom. The first kappa shape index (κ1) is 17.3. The second-order valence-electron chi connectivity index (χ2n) is 7.32. The summed E-state index contributed by atoms with van der Waals surface area (Å²) in [7, 11) is 0. The fraction of sp³-hybridized carbons (Fsp3) is 0.273. The van der Waals surface area contributed by atoms with Crippen LogP contribution in [0, 0.1) is 16.0 Å². The number of nitrogens with one attached hydrogen (secondary N) is 1. The van der Waals surface area contributed by atoms with Gasteiger partial charge in [-0.15, -0.1) is 0 Å². The van der Waals surface area contributed by atoms with Gasteiger partial charge in [-0.3, -0.25) is 10.1 Å². The maximum absolute atomic E-state index is 11.2. The normalized spacial score (nSPS) is 22.5. The highest BCUT2D eigenvalue weighted by Crippen LogP contribution is 2.50. The largest absolute Gasteiger partial charge is 0.489 e. The van der Waals surface area contributed by atoms with E-state index in [0.717, 1.165) is 29.0 Å². The Hall–Kier alpha value is -3.08. The van der Waals surface area contributed by atoms with Crippen molar-refractivity contribution in [2.24, 2.45) is 5.92 Å². The predicted molar refractivity (Wildman–Crippen MR) is 106 cm³/mol. The second-order valence-corrected chi connectivity index (χ2v) is 7.32. The van der Waals surface area contributed by atoms with Crippen molar-refractivity contribution in [2.75, 3.05) is 11.9 Å². The molecule has 27 heavy (non-hydrogen) atoms. The van der Waals surface area contributed by atoms with Gasteiger partial charge in [0.1, 0.15) is 12.4 Å². The fourth-order valence-corrected chi connectivity index (χ4v) is 4.03. The zero-order chi connectivity index (χ0) is 19.0. The van der Waals surface area contributed by atoms with Crippen LogP contribution in [0.15, 0.2) is 66.8 Å². The molecule has 4 rings (SSSR count). The van der Waals surface area contributed by atoms with Gasteiger partial charge in [-0.05, 0) is 54.2 Å². The molecule has 1 aliphatic heterocycles. The highest BCUT2D eigenvalue weighted by atomic mass is 16.6. The summed E-state index contributed by atoms with van der Waals surface area (Å²) in [6.45, 7) is 6.33. The topological polar surface area (TPSA) is 64.4 Å². The van der Waals surface area contributed by atoms with Gasteiger partial charge >= 0.3 is 0 Å². The Morgan fingerprint density at radius 2 is 2.19 bits per heavy atom. The molecule has 0 saturated heterocycles. The van der Waals surface area contributed by atoms with Gasteiger partial charge < -0.3 is 10.1 Å². The van der Waals surface area contributed by atoms with Crippen molar-refractivity contribution in [3.8, 4) is 5.75 Å². The average Bonchev–Trinajstić information content (AvgIpc) is 3.16. The van der Waals surface area contributed by atoms with Gasteiger partial charge in [0, 0.05) is 23.7 Å². The van der Waals surface area contributed by atoms with Crippen molar-refractivity contribution >= 4 is 11.4 Å². The summed E-state index contributed by atoms with van der Waals surface area (Å²) in [6, 6.07) is 13.1. The van der Waals surface area contributed by atoms with E-state index in [9.17, 15) is 10.1 Å². The molecule has 2 aliphatic rings. The van der Waals surface area contributed by atoms with Crippen LogP contribution < -0.4 is 10.1 Å². The number of non-ortho nitro benzene ring substituents is 1. The van der Waals surface area contributed by atoms with E-state index >= 15 is 0 Å². The van der Waals surface area contributed by atoms with Crippen LogP contribution in [-0.4, -0.2) is 11.5 Å². The van der Waals surface area contributed by atoms with Gasteiger partial charge in [0.25, 0.3) is 5.69 Å². The van der Waals surface area contributed by atoms with Crippen LogP contribution in [0.5, 0.6) is 5.75 Å². The summed E-state index contributed by atoms with van der Waals surface area (Å²) in [5.74, 6) is 1.45. The van der Waals surface area contributed by atoms with E-state index in [1.807, 2.05) is 25.1 Å². The van der Waals surface area contributed by atoms with Gasteiger partial charge in [0.2, 0.25) is 0 Å². The first-order valence-corrected chi connectivity index (χ1v) is 9.11. The molecule has 2 aromatic carbocycles. The van der Waals surface area contributed by atoms with E-state index in [1.54, 1.807) is 12.1 Å². The predicted octanol–water partition coefficient (Wildman–Crippen LogP) is 5.38. The van der Waals surface area contributed by atoms with Crippen molar-refractivity contribution in [2.45, 2.75) is 25.3 Å². The van der Waals surface area contributed by atoms with E-state index in [0.29, 0.717) is 12.5 Å². The Balaban J connectivity index is 1.67. The molecule has 1 heterocycles. The summed E-state index contributed by atoms with van der Waals surface area (Å²) >= 11 is 0. The Bertz CT molecular complexity index is 935. The lowest BCUT2D eigenvalue weighted by Crippen LogP contribution is -2.29. The summed E-state index contributed by atoms with van der Waals surface area (Å²) in [4.78, 5) is 10.8. The van der Waals surface area contributed by atoms with Gasteiger partial charge in [-0.2, -0.15) is 0 Å². The third-order valence-electron chi connectivity index (χ3n) is 5.26. The number of hydrogen-bond acceptors (Lipinski definition) is 4. The third kappa shape index (κ3) is 3.33. The SMILES string of the molecule is C=C(C)COc1ccc2c(c1)C1C=CCC1C(c1cccc([N+](=O)[O-])c1)N2. The fourth-order valence-electron chi connectivity index (χ4n) is 4.03. The standard InChI is InChI=1S/C22H22N2O3/c1-14(2)13-27-17-9-10-21-20(12-17)18-7-4-8-19(18)22(23-21)15-5-3-6-16(11-15)24(25)26/h3-7,9-12,18-19,22-23H,1,8,13H2,2H3. The molecule has 5 nitrogen and oxygen atoms in total. The van der Waals surface area contributed by atoms with E-state index < -0.39 is 0 Å². The molecule has 0 aromatic heterocycles. The molecule has 138 valence electrons. The zero-order valence-corrected chi connectivity index (χ0v) is 15.2. The van der Waals surface area contributed by atoms with Gasteiger partial charge in [-0.1, -0.05) is 30.9 Å². The lowest BCUT2D eigenvalue weighted by atomic mass is 9.77. The number of rotatable bonds is 5. The summed E-state index contributed by atoms with van der Waals surface area (Å²) < 4.78 is 5.81. The number of hydrogen-bond donors (Lipinski definition) is 1. The van der Waals surface area contributed by atoms with Crippen LogP contribution in [0.1, 0.15) is 36.4 Å². The van der Waals surface area contributed by atoms with Gasteiger partial charge in [0.15, 0.2) is 0 Å². The zero-order valence-electron chi connectivity index (χ0n) is 15.2. The van der Waals surface area contributed by atoms with E-state index in [1.165, 1.54) is 11.6 Å². The van der Waals surface area contributed by atoms with Gasteiger partial charge in [0.05, 0.1) is 11.0 Å².